The fraction of sp³-hybridized carbons (Fsp3) is 0.125. The van der Waals surface area contributed by atoms with Gasteiger partial charge in [-0.1, -0.05) is 60.2 Å². The molecule has 0 saturated heterocycles. The van der Waals surface area contributed by atoms with Gasteiger partial charge in [0.25, 0.3) is 0 Å². The van der Waals surface area contributed by atoms with Crippen LogP contribution in [-0.4, -0.2) is 11.7 Å². The average Bonchev–Trinajstić information content (AvgIpc) is 2.45. The van der Waals surface area contributed by atoms with Gasteiger partial charge in [-0.05, 0) is 18.1 Å². The minimum absolute atomic E-state index is 0.629. The van der Waals surface area contributed by atoms with E-state index in [1.165, 1.54) is 5.56 Å². The summed E-state index contributed by atoms with van der Waals surface area (Å²) in [6, 6.07) is 17.3. The van der Waals surface area contributed by atoms with Crippen LogP contribution in [0.15, 0.2) is 59.7 Å². The highest BCUT2D eigenvalue weighted by atomic mass is 16.2. The van der Waals surface area contributed by atoms with Gasteiger partial charge in [0.05, 0.1) is 5.71 Å². The number of urea groups is 1. The van der Waals surface area contributed by atoms with E-state index in [-0.39, 0.29) is 0 Å². The predicted molar refractivity (Wildman–Crippen MR) is 80.6 cm³/mol. The Kier molecular flexibility index (Phi) is 4.50. The van der Waals surface area contributed by atoms with Crippen LogP contribution in [0.2, 0.25) is 0 Å². The molecule has 0 aliphatic rings. The van der Waals surface area contributed by atoms with Crippen LogP contribution in [0.1, 0.15) is 16.7 Å². The lowest BCUT2D eigenvalue weighted by Gasteiger charge is -2.07. The van der Waals surface area contributed by atoms with E-state index in [0.717, 1.165) is 16.8 Å². The number of amides is 2. The summed E-state index contributed by atoms with van der Waals surface area (Å²) in [6.45, 7) is 2.03. The molecular formula is C16H17N3O. The zero-order valence-corrected chi connectivity index (χ0v) is 11.3. The fourth-order valence-electron chi connectivity index (χ4n) is 1.86. The molecule has 0 unspecified atom stereocenters. The van der Waals surface area contributed by atoms with Crippen molar-refractivity contribution in [1.82, 2.24) is 5.43 Å². The topological polar surface area (TPSA) is 67.5 Å². The molecule has 0 saturated carbocycles. The number of hydrazone groups is 1. The molecule has 0 aromatic heterocycles. The number of nitrogens with one attached hydrogen (secondary N) is 1. The monoisotopic (exact) mass is 267 g/mol. The zero-order chi connectivity index (χ0) is 14.4. The first-order chi connectivity index (χ1) is 9.65. The van der Waals surface area contributed by atoms with Crippen molar-refractivity contribution in [2.24, 2.45) is 10.8 Å². The number of carbonyl (C=O) groups excluding carboxylic acids is 1. The largest absolute Gasteiger partial charge is 0.350 e. The van der Waals surface area contributed by atoms with Gasteiger partial charge in [-0.3, -0.25) is 0 Å². The Morgan fingerprint density at radius 3 is 2.35 bits per heavy atom. The highest BCUT2D eigenvalue weighted by Crippen LogP contribution is 2.10. The number of hydrogen-bond acceptors (Lipinski definition) is 2. The number of aryl methyl sites for hydroxylation is 1. The maximum Gasteiger partial charge on any atom is 0.332 e. The zero-order valence-electron chi connectivity index (χ0n) is 11.3. The molecule has 3 N–H and O–H groups in total. The lowest BCUT2D eigenvalue weighted by molar-refractivity contribution is 0.249. The first-order valence-electron chi connectivity index (χ1n) is 6.38. The quantitative estimate of drug-likeness (QED) is 0.649. The molecule has 2 aromatic carbocycles. The van der Waals surface area contributed by atoms with Crippen molar-refractivity contribution < 1.29 is 4.79 Å². The maximum atomic E-state index is 10.8. The SMILES string of the molecule is Cc1ccc(/C(Cc2ccccc2)=N\NC(N)=O)cc1. The Morgan fingerprint density at radius 1 is 1.10 bits per heavy atom. The molecule has 2 amide bonds. The molecule has 4 heteroatoms. The van der Waals surface area contributed by atoms with Crippen molar-refractivity contribution in [1.29, 1.82) is 0 Å². The van der Waals surface area contributed by atoms with E-state index in [0.29, 0.717) is 6.42 Å². The van der Waals surface area contributed by atoms with Gasteiger partial charge in [0.15, 0.2) is 0 Å². The van der Waals surface area contributed by atoms with E-state index in [1.54, 1.807) is 0 Å². The maximum absolute atomic E-state index is 10.8. The first kappa shape index (κ1) is 13.8. The normalized spacial score (nSPS) is 11.2. The summed E-state index contributed by atoms with van der Waals surface area (Å²) in [5.41, 5.74) is 11.4. The Morgan fingerprint density at radius 2 is 1.75 bits per heavy atom. The number of primary amides is 1. The average molecular weight is 267 g/mol. The van der Waals surface area contributed by atoms with Crippen LogP contribution in [0.4, 0.5) is 4.79 Å². The third-order valence-electron chi connectivity index (χ3n) is 2.90. The first-order valence-corrected chi connectivity index (χ1v) is 6.38. The number of carbonyl (C=O) groups is 1. The smallest absolute Gasteiger partial charge is 0.332 e. The van der Waals surface area contributed by atoms with Gasteiger partial charge < -0.3 is 5.73 Å². The van der Waals surface area contributed by atoms with Crippen LogP contribution >= 0.6 is 0 Å². The highest BCUT2D eigenvalue weighted by Gasteiger charge is 2.06. The minimum Gasteiger partial charge on any atom is -0.350 e. The van der Waals surface area contributed by atoms with E-state index in [4.69, 9.17) is 5.73 Å². The fourth-order valence-corrected chi connectivity index (χ4v) is 1.86. The van der Waals surface area contributed by atoms with Crippen LogP contribution in [0, 0.1) is 6.92 Å². The highest BCUT2D eigenvalue weighted by molar-refractivity contribution is 6.02. The second-order valence-electron chi connectivity index (χ2n) is 4.56. The van der Waals surface area contributed by atoms with E-state index in [9.17, 15) is 4.79 Å². The molecule has 0 atom stereocenters. The molecule has 102 valence electrons. The third-order valence-corrected chi connectivity index (χ3v) is 2.90. The van der Waals surface area contributed by atoms with Crippen LogP contribution in [0.25, 0.3) is 0 Å². The Hall–Kier alpha value is -2.62. The molecule has 4 nitrogen and oxygen atoms in total. The van der Waals surface area contributed by atoms with Crippen molar-refractivity contribution in [2.75, 3.05) is 0 Å². The predicted octanol–water partition coefficient (Wildman–Crippen LogP) is 2.61. The summed E-state index contributed by atoms with van der Waals surface area (Å²) in [7, 11) is 0. The standard InChI is InChI=1S/C16H17N3O/c1-12-7-9-14(10-8-12)15(18-19-16(17)20)11-13-5-3-2-4-6-13/h2-10H,11H2,1H3,(H3,17,19,20)/b18-15-. The second-order valence-corrected chi connectivity index (χ2v) is 4.56. The van der Waals surface area contributed by atoms with Gasteiger partial charge in [-0.2, -0.15) is 5.10 Å². The Bertz CT molecular complexity index is 603. The summed E-state index contributed by atoms with van der Waals surface area (Å²) >= 11 is 0. The molecule has 0 spiro atoms. The molecule has 0 aliphatic heterocycles. The van der Waals surface area contributed by atoms with Gasteiger partial charge in [0.2, 0.25) is 0 Å². The molecule has 0 radical (unpaired) electrons. The summed E-state index contributed by atoms with van der Waals surface area (Å²) < 4.78 is 0. The van der Waals surface area contributed by atoms with Crippen molar-refractivity contribution in [3.05, 3.63) is 71.3 Å². The van der Waals surface area contributed by atoms with Crippen LogP contribution in [0.5, 0.6) is 0 Å². The lowest BCUT2D eigenvalue weighted by Crippen LogP contribution is -2.26. The number of rotatable bonds is 4. The molecule has 20 heavy (non-hydrogen) atoms. The molecule has 2 rings (SSSR count). The number of nitrogens with two attached hydrogens (primary N) is 1. The van der Waals surface area contributed by atoms with Crippen molar-refractivity contribution >= 4 is 11.7 Å². The number of nitrogens with zero attached hydrogens (tertiary/aromatic N) is 1. The van der Waals surface area contributed by atoms with Gasteiger partial charge in [-0.25, -0.2) is 10.2 Å². The minimum atomic E-state index is -0.664. The van der Waals surface area contributed by atoms with Gasteiger partial charge in [0, 0.05) is 6.42 Å². The number of hydrogen-bond donors (Lipinski definition) is 2. The van der Waals surface area contributed by atoms with Crippen molar-refractivity contribution in [2.45, 2.75) is 13.3 Å². The third kappa shape index (κ3) is 3.95. The van der Waals surface area contributed by atoms with Crippen molar-refractivity contribution in [3.8, 4) is 0 Å². The van der Waals surface area contributed by atoms with E-state index in [1.807, 2.05) is 61.5 Å². The molecule has 0 fully saturated rings. The summed E-state index contributed by atoms with van der Waals surface area (Å²) in [6.07, 6.45) is 0.629. The number of benzene rings is 2. The second kappa shape index (κ2) is 6.52. The summed E-state index contributed by atoms with van der Waals surface area (Å²) in [5.74, 6) is 0. The Labute approximate surface area is 118 Å². The van der Waals surface area contributed by atoms with Gasteiger partial charge in [0.1, 0.15) is 0 Å². The van der Waals surface area contributed by atoms with Gasteiger partial charge >= 0.3 is 6.03 Å². The van der Waals surface area contributed by atoms with Crippen molar-refractivity contribution in [3.63, 3.8) is 0 Å². The van der Waals surface area contributed by atoms with E-state index in [2.05, 4.69) is 10.5 Å². The molecule has 0 heterocycles. The lowest BCUT2D eigenvalue weighted by atomic mass is 10.0. The molecule has 2 aromatic rings. The molecule has 0 bridgehead atoms. The Balaban J connectivity index is 2.27. The molecule has 0 aliphatic carbocycles. The van der Waals surface area contributed by atoms with E-state index < -0.39 is 6.03 Å². The van der Waals surface area contributed by atoms with Crippen LogP contribution in [-0.2, 0) is 6.42 Å². The summed E-state index contributed by atoms with van der Waals surface area (Å²) in [5, 5.41) is 4.11. The molecular weight excluding hydrogens is 250 g/mol. The summed E-state index contributed by atoms with van der Waals surface area (Å²) in [4.78, 5) is 10.8. The van der Waals surface area contributed by atoms with Crippen LogP contribution < -0.4 is 11.2 Å². The van der Waals surface area contributed by atoms with Gasteiger partial charge in [-0.15, -0.1) is 0 Å². The van der Waals surface area contributed by atoms with Crippen LogP contribution in [0.3, 0.4) is 0 Å². The van der Waals surface area contributed by atoms with E-state index >= 15 is 0 Å².